The Hall–Kier alpha value is -6.07. The minimum absolute atomic E-state index is 0.705. The van der Waals surface area contributed by atoms with Gasteiger partial charge in [0.15, 0.2) is 5.58 Å². The van der Waals surface area contributed by atoms with Crippen LogP contribution in [-0.4, -0.2) is 0 Å². The minimum Gasteiger partial charge on any atom is -0.454 e. The number of para-hydroxylation sites is 4. The average molecular weight is 693 g/mol. The molecule has 0 spiro atoms. The molecule has 0 saturated carbocycles. The van der Waals surface area contributed by atoms with Crippen LogP contribution in [0.4, 0.5) is 34.1 Å². The van der Waals surface area contributed by atoms with Gasteiger partial charge in [0.05, 0.1) is 11.4 Å². The van der Waals surface area contributed by atoms with Crippen LogP contribution in [-0.2, 0) is 0 Å². The fraction of sp³-hybridized carbons (Fsp3) is 0. The summed E-state index contributed by atoms with van der Waals surface area (Å²) in [6.07, 6.45) is 0. The molecule has 0 saturated heterocycles. The smallest absolute Gasteiger partial charge is 0.159 e. The molecule has 0 bridgehead atoms. The van der Waals surface area contributed by atoms with Crippen LogP contribution in [0.25, 0.3) is 52.9 Å². The molecule has 2 heterocycles. The third-order valence-corrected chi connectivity index (χ3v) is 11.0. The van der Waals surface area contributed by atoms with Gasteiger partial charge in [0.25, 0.3) is 0 Å². The summed E-state index contributed by atoms with van der Waals surface area (Å²) < 4.78 is 9.09. The first-order valence-electron chi connectivity index (χ1n) is 17.0. The molecule has 8 aromatic carbocycles. The zero-order valence-corrected chi connectivity index (χ0v) is 28.9. The maximum absolute atomic E-state index is 6.90. The van der Waals surface area contributed by atoms with Crippen LogP contribution in [0.15, 0.2) is 180 Å². The Balaban J connectivity index is 1.24. The number of benzene rings is 8. The Morgan fingerprint density at radius 3 is 1.76 bits per heavy atom. The van der Waals surface area contributed by atoms with Gasteiger partial charge in [-0.2, -0.15) is 0 Å². The highest BCUT2D eigenvalue weighted by Crippen LogP contribution is 2.49. The summed E-state index contributed by atoms with van der Waals surface area (Å²) in [5, 5.41) is 7.66. The molecule has 0 fully saturated rings. The average Bonchev–Trinajstić information content (AvgIpc) is 3.75. The van der Waals surface area contributed by atoms with E-state index in [1.807, 2.05) is 0 Å². The molecule has 0 aliphatic rings. The fourth-order valence-electron chi connectivity index (χ4n) is 7.47. The number of hydrogen-bond acceptors (Lipinski definition) is 4. The van der Waals surface area contributed by atoms with Crippen LogP contribution in [0.2, 0.25) is 5.02 Å². The van der Waals surface area contributed by atoms with E-state index in [9.17, 15) is 0 Å². The maximum atomic E-state index is 6.90. The van der Waals surface area contributed by atoms with Crippen molar-refractivity contribution in [2.24, 2.45) is 0 Å². The molecule has 0 aliphatic heterocycles. The van der Waals surface area contributed by atoms with Gasteiger partial charge in [-0.3, -0.25) is 0 Å². The molecule has 0 N–H and O–H groups in total. The molecule has 2 aromatic heterocycles. The summed E-state index contributed by atoms with van der Waals surface area (Å²) >= 11 is 8.67. The second kappa shape index (κ2) is 12.1. The number of nitrogens with zero attached hydrogens (tertiary/aromatic N) is 2. The summed E-state index contributed by atoms with van der Waals surface area (Å²) in [6, 6.07) is 61.8. The van der Waals surface area contributed by atoms with Crippen molar-refractivity contribution in [3.05, 3.63) is 181 Å². The molecule has 0 amide bonds. The molecule has 0 unspecified atom stereocenters. The molecule has 51 heavy (non-hydrogen) atoms. The van der Waals surface area contributed by atoms with Gasteiger partial charge in [0.2, 0.25) is 0 Å². The third-order valence-electron chi connectivity index (χ3n) is 9.65. The summed E-state index contributed by atoms with van der Waals surface area (Å²) in [5.41, 5.74) is 7.98. The highest BCUT2D eigenvalue weighted by molar-refractivity contribution is 7.26. The lowest BCUT2D eigenvalue weighted by molar-refractivity contribution is 0.669. The Labute approximate surface area is 303 Å². The first-order chi connectivity index (χ1) is 25.2. The van der Waals surface area contributed by atoms with Crippen LogP contribution in [0.1, 0.15) is 0 Å². The molecule has 0 atom stereocenters. The first kappa shape index (κ1) is 29.8. The van der Waals surface area contributed by atoms with Crippen molar-refractivity contribution in [2.75, 3.05) is 9.80 Å². The normalized spacial score (nSPS) is 11.6. The van der Waals surface area contributed by atoms with Gasteiger partial charge >= 0.3 is 0 Å². The van der Waals surface area contributed by atoms with Crippen LogP contribution in [0.3, 0.4) is 0 Å². The molecule has 5 heteroatoms. The molecule has 242 valence electrons. The molecule has 10 aromatic rings. The quantitative estimate of drug-likeness (QED) is 0.173. The van der Waals surface area contributed by atoms with Crippen molar-refractivity contribution in [2.45, 2.75) is 0 Å². The number of rotatable bonds is 6. The second-order valence-corrected chi connectivity index (χ2v) is 14.2. The van der Waals surface area contributed by atoms with Crippen molar-refractivity contribution in [3.8, 4) is 0 Å². The minimum atomic E-state index is 0.705. The highest BCUT2D eigenvalue weighted by atomic mass is 35.5. The molecule has 0 radical (unpaired) electrons. The van der Waals surface area contributed by atoms with E-state index in [1.165, 1.54) is 20.9 Å². The molecular weight excluding hydrogens is 664 g/mol. The molecule has 3 nitrogen and oxygen atoms in total. The van der Waals surface area contributed by atoms with Gasteiger partial charge in [0, 0.05) is 58.7 Å². The zero-order valence-electron chi connectivity index (χ0n) is 27.3. The van der Waals surface area contributed by atoms with E-state index in [0.29, 0.717) is 5.02 Å². The molecule has 10 rings (SSSR count). The number of anilines is 6. The standard InChI is InChI=1S/C46H29ClN2OS/c47-31-27-40(48(32-14-4-1-5-15-32)33-16-6-2-7-17-33)45-38-29-35(24-26-42(38)51-43(45)28-31)49(34-18-8-3-9-19-34)39-22-12-21-37-44-36-20-11-10-13-30(36)23-25-41(44)50-46(37)39/h1-29H. The Bertz CT molecular complexity index is 2840. The Morgan fingerprint density at radius 2 is 1.06 bits per heavy atom. The van der Waals surface area contributed by atoms with E-state index in [2.05, 4.69) is 186 Å². The fourth-order valence-corrected chi connectivity index (χ4v) is 8.89. The SMILES string of the molecule is Clc1cc(N(c2ccccc2)c2ccccc2)c2c(c1)sc1ccc(N(c3ccccc3)c3cccc4c3oc3ccc5ccccc5c34)cc12. The van der Waals surface area contributed by atoms with Crippen LogP contribution in [0.5, 0.6) is 0 Å². The number of thiophene rings is 1. The molecular formula is C46H29ClN2OS. The second-order valence-electron chi connectivity index (χ2n) is 12.7. The summed E-state index contributed by atoms with van der Waals surface area (Å²) in [7, 11) is 0. The topological polar surface area (TPSA) is 19.6 Å². The van der Waals surface area contributed by atoms with E-state index in [-0.39, 0.29) is 0 Å². The van der Waals surface area contributed by atoms with Gasteiger partial charge in [-0.25, -0.2) is 0 Å². The summed E-state index contributed by atoms with van der Waals surface area (Å²) in [4.78, 5) is 4.62. The Morgan fingerprint density at radius 1 is 0.431 bits per heavy atom. The summed E-state index contributed by atoms with van der Waals surface area (Å²) in [6.45, 7) is 0. The van der Waals surface area contributed by atoms with Crippen molar-refractivity contribution in [1.82, 2.24) is 0 Å². The van der Waals surface area contributed by atoms with Crippen LogP contribution < -0.4 is 9.80 Å². The lowest BCUT2D eigenvalue weighted by Gasteiger charge is -2.27. The monoisotopic (exact) mass is 692 g/mol. The lowest BCUT2D eigenvalue weighted by atomic mass is 10.0. The number of hydrogen-bond donors (Lipinski definition) is 0. The van der Waals surface area contributed by atoms with Gasteiger partial charge in [0.1, 0.15) is 5.58 Å². The van der Waals surface area contributed by atoms with Gasteiger partial charge in [-0.1, -0.05) is 109 Å². The Kier molecular flexibility index (Phi) is 7.05. The van der Waals surface area contributed by atoms with Crippen LogP contribution >= 0.6 is 22.9 Å². The number of halogens is 1. The van der Waals surface area contributed by atoms with Gasteiger partial charge in [-0.15, -0.1) is 11.3 Å². The zero-order chi connectivity index (χ0) is 33.9. The van der Waals surface area contributed by atoms with Gasteiger partial charge < -0.3 is 14.2 Å². The third kappa shape index (κ3) is 4.95. The van der Waals surface area contributed by atoms with E-state index in [0.717, 1.165) is 66.1 Å². The highest BCUT2D eigenvalue weighted by Gasteiger charge is 2.23. The van der Waals surface area contributed by atoms with Crippen molar-refractivity contribution in [1.29, 1.82) is 0 Å². The predicted octanol–water partition coefficient (Wildman–Crippen LogP) is 14.7. The van der Waals surface area contributed by atoms with E-state index in [4.69, 9.17) is 16.0 Å². The largest absolute Gasteiger partial charge is 0.454 e. The lowest BCUT2D eigenvalue weighted by Crippen LogP contribution is -2.10. The predicted molar refractivity (Wildman–Crippen MR) is 218 cm³/mol. The summed E-state index contributed by atoms with van der Waals surface area (Å²) in [5.74, 6) is 0. The first-order valence-corrected chi connectivity index (χ1v) is 18.1. The van der Waals surface area contributed by atoms with Crippen LogP contribution in [0, 0.1) is 0 Å². The van der Waals surface area contributed by atoms with Gasteiger partial charge in [-0.05, 0) is 89.6 Å². The van der Waals surface area contributed by atoms with Crippen molar-refractivity contribution < 1.29 is 4.42 Å². The maximum Gasteiger partial charge on any atom is 0.159 e. The van der Waals surface area contributed by atoms with Crippen molar-refractivity contribution in [3.63, 3.8) is 0 Å². The number of fused-ring (bicyclic) bond motifs is 8. The van der Waals surface area contributed by atoms with E-state index < -0.39 is 0 Å². The molecule has 0 aliphatic carbocycles. The number of furan rings is 1. The van der Waals surface area contributed by atoms with E-state index >= 15 is 0 Å². The van der Waals surface area contributed by atoms with Crippen molar-refractivity contribution >= 4 is 110 Å². The van der Waals surface area contributed by atoms with E-state index in [1.54, 1.807) is 11.3 Å².